The van der Waals surface area contributed by atoms with Crippen LogP contribution in [0.4, 0.5) is 0 Å². The van der Waals surface area contributed by atoms with E-state index in [2.05, 4.69) is 5.32 Å². The molecule has 1 saturated heterocycles. The van der Waals surface area contributed by atoms with Crippen LogP contribution in [0.1, 0.15) is 31.2 Å². The van der Waals surface area contributed by atoms with Gasteiger partial charge in [-0.2, -0.15) is 0 Å². The SMILES string of the molecule is Oc1ccccc1CNCCC1CCCCO1. The fraction of sp³-hybridized carbons (Fsp3) is 0.571. The molecule has 17 heavy (non-hydrogen) atoms. The predicted molar refractivity (Wildman–Crippen MR) is 68.0 cm³/mol. The van der Waals surface area contributed by atoms with Crippen molar-refractivity contribution in [3.8, 4) is 5.75 Å². The zero-order valence-electron chi connectivity index (χ0n) is 10.2. The maximum atomic E-state index is 9.59. The van der Waals surface area contributed by atoms with Crippen LogP contribution < -0.4 is 5.32 Å². The standard InChI is InChI=1S/C14H21NO2/c16-14-7-2-1-5-12(14)11-15-9-8-13-6-3-4-10-17-13/h1-2,5,7,13,15-16H,3-4,6,8-11H2. The molecule has 0 bridgehead atoms. The summed E-state index contributed by atoms with van der Waals surface area (Å²) in [5.41, 5.74) is 0.956. The normalized spacial score (nSPS) is 20.4. The van der Waals surface area contributed by atoms with E-state index in [4.69, 9.17) is 4.74 Å². The second-order valence-corrected chi connectivity index (χ2v) is 4.58. The van der Waals surface area contributed by atoms with E-state index in [9.17, 15) is 5.11 Å². The lowest BCUT2D eigenvalue weighted by Gasteiger charge is -2.22. The van der Waals surface area contributed by atoms with E-state index < -0.39 is 0 Å². The van der Waals surface area contributed by atoms with E-state index in [-0.39, 0.29) is 0 Å². The first-order chi connectivity index (χ1) is 8.36. The molecule has 1 aromatic rings. The van der Waals surface area contributed by atoms with Crippen LogP contribution in [-0.4, -0.2) is 24.4 Å². The first-order valence-corrected chi connectivity index (χ1v) is 6.45. The van der Waals surface area contributed by atoms with Crippen molar-refractivity contribution in [2.24, 2.45) is 0 Å². The van der Waals surface area contributed by atoms with Gasteiger partial charge in [0.15, 0.2) is 0 Å². The first-order valence-electron chi connectivity index (χ1n) is 6.45. The number of nitrogens with one attached hydrogen (secondary N) is 1. The molecule has 0 radical (unpaired) electrons. The number of phenols is 1. The summed E-state index contributed by atoms with van der Waals surface area (Å²) >= 11 is 0. The van der Waals surface area contributed by atoms with Crippen molar-refractivity contribution in [2.45, 2.75) is 38.3 Å². The summed E-state index contributed by atoms with van der Waals surface area (Å²) in [6, 6.07) is 7.45. The van der Waals surface area contributed by atoms with E-state index in [0.717, 1.165) is 31.7 Å². The van der Waals surface area contributed by atoms with Gasteiger partial charge in [-0.05, 0) is 38.3 Å². The van der Waals surface area contributed by atoms with Gasteiger partial charge < -0.3 is 15.2 Å². The van der Waals surface area contributed by atoms with Crippen molar-refractivity contribution in [1.82, 2.24) is 5.32 Å². The minimum atomic E-state index is 0.369. The topological polar surface area (TPSA) is 41.5 Å². The van der Waals surface area contributed by atoms with Gasteiger partial charge in [-0.25, -0.2) is 0 Å². The summed E-state index contributed by atoms with van der Waals surface area (Å²) < 4.78 is 5.66. The van der Waals surface area contributed by atoms with Gasteiger partial charge >= 0.3 is 0 Å². The number of hydrogen-bond donors (Lipinski definition) is 2. The highest BCUT2D eigenvalue weighted by Crippen LogP contribution is 2.16. The van der Waals surface area contributed by atoms with Gasteiger partial charge in [0.2, 0.25) is 0 Å². The predicted octanol–water partition coefficient (Wildman–Crippen LogP) is 2.44. The summed E-state index contributed by atoms with van der Waals surface area (Å²) in [6.07, 6.45) is 5.19. The molecule has 3 nitrogen and oxygen atoms in total. The largest absolute Gasteiger partial charge is 0.508 e. The van der Waals surface area contributed by atoms with Crippen LogP contribution in [0.3, 0.4) is 0 Å². The molecule has 1 fully saturated rings. The molecule has 1 aliphatic rings. The Balaban J connectivity index is 1.64. The molecule has 1 heterocycles. The zero-order valence-corrected chi connectivity index (χ0v) is 10.2. The minimum Gasteiger partial charge on any atom is -0.508 e. The summed E-state index contributed by atoms with van der Waals surface area (Å²) in [5, 5.41) is 12.9. The number of rotatable bonds is 5. The Bertz CT molecular complexity index is 335. The minimum absolute atomic E-state index is 0.369. The van der Waals surface area contributed by atoms with Crippen LogP contribution in [0.15, 0.2) is 24.3 Å². The molecular formula is C14H21NO2. The van der Waals surface area contributed by atoms with Crippen LogP contribution in [0.25, 0.3) is 0 Å². The Morgan fingerprint density at radius 1 is 1.29 bits per heavy atom. The second kappa shape index (κ2) is 6.62. The zero-order chi connectivity index (χ0) is 11.9. The average Bonchev–Trinajstić information content (AvgIpc) is 2.38. The summed E-state index contributed by atoms with van der Waals surface area (Å²) in [7, 11) is 0. The highest BCUT2D eigenvalue weighted by atomic mass is 16.5. The van der Waals surface area contributed by atoms with Crippen molar-refractivity contribution in [3.05, 3.63) is 29.8 Å². The van der Waals surface area contributed by atoms with Crippen molar-refractivity contribution >= 4 is 0 Å². The monoisotopic (exact) mass is 235 g/mol. The second-order valence-electron chi connectivity index (χ2n) is 4.58. The number of aromatic hydroxyl groups is 1. The lowest BCUT2D eigenvalue weighted by molar-refractivity contribution is 0.0115. The van der Waals surface area contributed by atoms with Gasteiger partial charge in [0, 0.05) is 18.7 Å². The van der Waals surface area contributed by atoms with Gasteiger partial charge in [-0.15, -0.1) is 0 Å². The summed E-state index contributed by atoms with van der Waals surface area (Å²) in [6.45, 7) is 2.59. The van der Waals surface area contributed by atoms with E-state index in [1.165, 1.54) is 19.3 Å². The van der Waals surface area contributed by atoms with Gasteiger partial charge in [0.1, 0.15) is 5.75 Å². The molecule has 0 amide bonds. The number of hydrogen-bond acceptors (Lipinski definition) is 3. The molecule has 94 valence electrons. The average molecular weight is 235 g/mol. The first kappa shape index (κ1) is 12.4. The van der Waals surface area contributed by atoms with E-state index in [1.54, 1.807) is 6.07 Å². The third kappa shape index (κ3) is 4.02. The number of phenolic OH excluding ortho intramolecular Hbond substituents is 1. The van der Waals surface area contributed by atoms with E-state index in [0.29, 0.717) is 11.9 Å². The lowest BCUT2D eigenvalue weighted by Crippen LogP contribution is -2.25. The van der Waals surface area contributed by atoms with E-state index >= 15 is 0 Å². The Kier molecular flexibility index (Phi) is 4.83. The highest BCUT2D eigenvalue weighted by molar-refractivity contribution is 5.31. The lowest BCUT2D eigenvalue weighted by atomic mass is 10.1. The van der Waals surface area contributed by atoms with Crippen LogP contribution in [0, 0.1) is 0 Å². The van der Waals surface area contributed by atoms with Gasteiger partial charge in [-0.1, -0.05) is 18.2 Å². The number of ether oxygens (including phenoxy) is 1. The molecule has 2 N–H and O–H groups in total. The van der Waals surface area contributed by atoms with Crippen LogP contribution in [0.5, 0.6) is 5.75 Å². The summed E-state index contributed by atoms with van der Waals surface area (Å²) in [4.78, 5) is 0. The molecule has 0 aromatic heterocycles. The Hall–Kier alpha value is -1.06. The van der Waals surface area contributed by atoms with E-state index in [1.807, 2.05) is 18.2 Å². The molecule has 0 saturated carbocycles. The molecule has 1 aromatic carbocycles. The molecule has 3 heteroatoms. The quantitative estimate of drug-likeness (QED) is 0.770. The van der Waals surface area contributed by atoms with Crippen molar-refractivity contribution in [1.29, 1.82) is 0 Å². The van der Waals surface area contributed by atoms with Crippen LogP contribution >= 0.6 is 0 Å². The maximum absolute atomic E-state index is 9.59. The highest BCUT2D eigenvalue weighted by Gasteiger charge is 2.12. The number of benzene rings is 1. The molecular weight excluding hydrogens is 214 g/mol. The Morgan fingerprint density at radius 3 is 2.94 bits per heavy atom. The molecule has 0 spiro atoms. The van der Waals surface area contributed by atoms with Gasteiger partial charge in [0.25, 0.3) is 0 Å². The molecule has 0 aliphatic carbocycles. The van der Waals surface area contributed by atoms with Gasteiger partial charge in [-0.3, -0.25) is 0 Å². The summed E-state index contributed by atoms with van der Waals surface area (Å²) in [5.74, 6) is 0.369. The third-order valence-electron chi connectivity index (χ3n) is 3.22. The fourth-order valence-electron chi connectivity index (χ4n) is 2.18. The molecule has 2 rings (SSSR count). The van der Waals surface area contributed by atoms with Crippen LogP contribution in [-0.2, 0) is 11.3 Å². The van der Waals surface area contributed by atoms with Crippen LogP contribution in [0.2, 0.25) is 0 Å². The van der Waals surface area contributed by atoms with Crippen molar-refractivity contribution < 1.29 is 9.84 Å². The van der Waals surface area contributed by atoms with Crippen molar-refractivity contribution in [3.63, 3.8) is 0 Å². The maximum Gasteiger partial charge on any atom is 0.120 e. The van der Waals surface area contributed by atoms with Crippen molar-refractivity contribution in [2.75, 3.05) is 13.2 Å². The molecule has 1 atom stereocenters. The van der Waals surface area contributed by atoms with Gasteiger partial charge in [0.05, 0.1) is 6.10 Å². The fourth-order valence-corrected chi connectivity index (χ4v) is 2.18. The number of para-hydroxylation sites is 1. The third-order valence-corrected chi connectivity index (χ3v) is 3.22. The molecule has 1 aliphatic heterocycles. The molecule has 1 unspecified atom stereocenters. The smallest absolute Gasteiger partial charge is 0.120 e. The Morgan fingerprint density at radius 2 is 2.18 bits per heavy atom. The Labute approximate surface area is 103 Å².